The quantitative estimate of drug-likeness (QED) is 0.583. The summed E-state index contributed by atoms with van der Waals surface area (Å²) in [6.45, 7) is 4.03. The van der Waals surface area contributed by atoms with Crippen molar-refractivity contribution in [1.82, 2.24) is 10.2 Å². The van der Waals surface area contributed by atoms with E-state index in [4.69, 9.17) is 4.74 Å². The summed E-state index contributed by atoms with van der Waals surface area (Å²) in [4.78, 5) is 2.39. The van der Waals surface area contributed by atoms with Gasteiger partial charge in [-0.05, 0) is 12.5 Å². The number of hydrogen-bond acceptors (Lipinski definition) is 3. The lowest BCUT2D eigenvalue weighted by molar-refractivity contribution is 0.118. The Morgan fingerprint density at radius 2 is 2.54 bits per heavy atom. The topological polar surface area (TPSA) is 24.5 Å². The Balaban J connectivity index is 1.98. The molecule has 1 fully saturated rings. The van der Waals surface area contributed by atoms with Crippen molar-refractivity contribution in [3.63, 3.8) is 0 Å². The predicted molar refractivity (Wildman–Crippen MR) is 50.1 cm³/mol. The van der Waals surface area contributed by atoms with Crippen LogP contribution in [0.4, 0.5) is 0 Å². The SMILES string of the molecule is C1=CC2=C3OCCNC3CCN2C1. The van der Waals surface area contributed by atoms with E-state index in [0.29, 0.717) is 6.04 Å². The standard InChI is InChI=1S/C10H14N2O/c1-2-9-10-8(11-4-7-13-10)3-6-12(9)5-1/h1-2,8,11H,3-7H2. The summed E-state index contributed by atoms with van der Waals surface area (Å²) >= 11 is 0. The molecule has 1 unspecified atom stereocenters. The number of rotatable bonds is 0. The van der Waals surface area contributed by atoms with E-state index in [-0.39, 0.29) is 0 Å². The van der Waals surface area contributed by atoms with E-state index < -0.39 is 0 Å². The molecule has 0 saturated carbocycles. The Labute approximate surface area is 78.1 Å². The third-order valence-electron chi connectivity index (χ3n) is 2.95. The Bertz CT molecular complexity index is 283. The van der Waals surface area contributed by atoms with Gasteiger partial charge in [0.05, 0.1) is 11.7 Å². The molecule has 0 aliphatic carbocycles. The van der Waals surface area contributed by atoms with E-state index in [9.17, 15) is 0 Å². The maximum Gasteiger partial charge on any atom is 0.136 e. The van der Waals surface area contributed by atoms with Crippen molar-refractivity contribution < 1.29 is 4.74 Å². The number of nitrogens with zero attached hydrogens (tertiary/aromatic N) is 1. The summed E-state index contributed by atoms with van der Waals surface area (Å²) in [5.74, 6) is 1.17. The van der Waals surface area contributed by atoms with Crippen molar-refractivity contribution >= 4 is 0 Å². The zero-order valence-corrected chi connectivity index (χ0v) is 7.62. The molecule has 3 heterocycles. The molecule has 3 heteroatoms. The van der Waals surface area contributed by atoms with Crippen molar-refractivity contribution in [1.29, 1.82) is 0 Å². The first kappa shape index (κ1) is 7.44. The Hall–Kier alpha value is -0.960. The van der Waals surface area contributed by atoms with E-state index in [1.807, 2.05) is 0 Å². The maximum atomic E-state index is 5.72. The average Bonchev–Trinajstić information content (AvgIpc) is 2.65. The lowest BCUT2D eigenvalue weighted by atomic mass is 10.0. The van der Waals surface area contributed by atoms with Gasteiger partial charge in [-0.1, -0.05) is 6.08 Å². The van der Waals surface area contributed by atoms with E-state index in [1.165, 1.54) is 17.9 Å². The second-order valence-corrected chi connectivity index (χ2v) is 3.74. The lowest BCUT2D eigenvalue weighted by Gasteiger charge is -2.36. The van der Waals surface area contributed by atoms with Crippen molar-refractivity contribution in [2.45, 2.75) is 12.5 Å². The van der Waals surface area contributed by atoms with E-state index in [2.05, 4.69) is 22.4 Å². The molecule has 70 valence electrons. The van der Waals surface area contributed by atoms with Crippen LogP contribution in [0.2, 0.25) is 0 Å². The van der Waals surface area contributed by atoms with Crippen LogP contribution in [-0.4, -0.2) is 37.2 Å². The lowest BCUT2D eigenvalue weighted by Crippen LogP contribution is -2.46. The Morgan fingerprint density at radius 1 is 1.54 bits per heavy atom. The minimum atomic E-state index is 0.475. The third-order valence-corrected chi connectivity index (χ3v) is 2.95. The normalized spacial score (nSPS) is 31.4. The van der Waals surface area contributed by atoms with Crippen molar-refractivity contribution in [3.8, 4) is 0 Å². The molecular weight excluding hydrogens is 164 g/mol. The van der Waals surface area contributed by atoms with Gasteiger partial charge in [0.15, 0.2) is 0 Å². The van der Waals surface area contributed by atoms with E-state index in [0.717, 1.165) is 26.2 Å². The van der Waals surface area contributed by atoms with Gasteiger partial charge >= 0.3 is 0 Å². The van der Waals surface area contributed by atoms with Crippen molar-refractivity contribution in [2.24, 2.45) is 0 Å². The second kappa shape index (κ2) is 2.77. The number of allylic oxidation sites excluding steroid dienone is 1. The van der Waals surface area contributed by atoms with E-state index >= 15 is 0 Å². The van der Waals surface area contributed by atoms with Gasteiger partial charge in [-0.25, -0.2) is 0 Å². The number of hydrogen-bond donors (Lipinski definition) is 1. The fourth-order valence-corrected chi connectivity index (χ4v) is 2.30. The average molecular weight is 178 g/mol. The molecule has 1 N–H and O–H groups in total. The van der Waals surface area contributed by atoms with Gasteiger partial charge < -0.3 is 15.0 Å². The molecule has 0 aromatic heterocycles. The highest BCUT2D eigenvalue weighted by Crippen LogP contribution is 2.28. The van der Waals surface area contributed by atoms with Gasteiger partial charge in [0.1, 0.15) is 12.4 Å². The molecule has 0 spiro atoms. The zero-order chi connectivity index (χ0) is 8.67. The highest BCUT2D eigenvalue weighted by Gasteiger charge is 2.31. The first-order valence-corrected chi connectivity index (χ1v) is 4.97. The van der Waals surface area contributed by atoms with Gasteiger partial charge in [-0.2, -0.15) is 0 Å². The summed E-state index contributed by atoms with van der Waals surface area (Å²) in [5.41, 5.74) is 1.31. The van der Waals surface area contributed by atoms with Gasteiger partial charge in [0.25, 0.3) is 0 Å². The first-order valence-electron chi connectivity index (χ1n) is 4.97. The summed E-state index contributed by atoms with van der Waals surface area (Å²) in [5, 5.41) is 3.49. The first-order chi connectivity index (χ1) is 6.45. The highest BCUT2D eigenvalue weighted by atomic mass is 16.5. The largest absolute Gasteiger partial charge is 0.493 e. The predicted octanol–water partition coefficient (Wildman–Crippen LogP) is 0.462. The molecule has 0 radical (unpaired) electrons. The molecule has 1 saturated heterocycles. The molecule has 0 amide bonds. The second-order valence-electron chi connectivity index (χ2n) is 3.74. The summed E-state index contributed by atoms with van der Waals surface area (Å²) in [7, 11) is 0. The number of nitrogens with one attached hydrogen (secondary N) is 1. The Kier molecular flexibility index (Phi) is 1.59. The van der Waals surface area contributed by atoms with Crippen LogP contribution in [0.15, 0.2) is 23.6 Å². The molecule has 13 heavy (non-hydrogen) atoms. The molecule has 3 aliphatic rings. The number of ether oxygens (including phenoxy) is 1. The van der Waals surface area contributed by atoms with Gasteiger partial charge in [0, 0.05) is 19.6 Å². The van der Waals surface area contributed by atoms with Crippen LogP contribution >= 0.6 is 0 Å². The molecule has 3 nitrogen and oxygen atoms in total. The van der Waals surface area contributed by atoms with Crippen LogP contribution in [0.5, 0.6) is 0 Å². The number of morpholine rings is 1. The maximum absolute atomic E-state index is 5.72. The van der Waals surface area contributed by atoms with Crippen LogP contribution in [0.3, 0.4) is 0 Å². The fraction of sp³-hybridized carbons (Fsp3) is 0.600. The monoisotopic (exact) mass is 178 g/mol. The molecule has 3 rings (SSSR count). The fourth-order valence-electron chi connectivity index (χ4n) is 2.30. The zero-order valence-electron chi connectivity index (χ0n) is 7.62. The van der Waals surface area contributed by atoms with Gasteiger partial charge in [-0.15, -0.1) is 0 Å². The molecular formula is C10H14N2O. The minimum Gasteiger partial charge on any atom is -0.493 e. The van der Waals surface area contributed by atoms with E-state index in [1.54, 1.807) is 0 Å². The molecule has 0 aromatic rings. The summed E-state index contributed by atoms with van der Waals surface area (Å²) < 4.78 is 5.72. The van der Waals surface area contributed by atoms with Gasteiger partial charge in [-0.3, -0.25) is 0 Å². The van der Waals surface area contributed by atoms with Crippen LogP contribution in [0.25, 0.3) is 0 Å². The number of fused-ring (bicyclic) bond motifs is 2. The minimum absolute atomic E-state index is 0.475. The van der Waals surface area contributed by atoms with Crippen LogP contribution in [0, 0.1) is 0 Å². The van der Waals surface area contributed by atoms with Crippen LogP contribution in [-0.2, 0) is 4.74 Å². The van der Waals surface area contributed by atoms with Gasteiger partial charge in [0.2, 0.25) is 0 Å². The van der Waals surface area contributed by atoms with Crippen LogP contribution < -0.4 is 5.32 Å². The molecule has 0 aromatic carbocycles. The van der Waals surface area contributed by atoms with Crippen LogP contribution in [0.1, 0.15) is 6.42 Å². The highest BCUT2D eigenvalue weighted by molar-refractivity contribution is 5.32. The Morgan fingerprint density at radius 3 is 3.54 bits per heavy atom. The van der Waals surface area contributed by atoms with Crippen molar-refractivity contribution in [3.05, 3.63) is 23.6 Å². The molecule has 1 atom stereocenters. The third kappa shape index (κ3) is 1.07. The van der Waals surface area contributed by atoms with Crippen molar-refractivity contribution in [2.75, 3.05) is 26.2 Å². The summed E-state index contributed by atoms with van der Waals surface area (Å²) in [6, 6.07) is 0.475. The molecule has 0 bridgehead atoms. The molecule has 3 aliphatic heterocycles. The summed E-state index contributed by atoms with van der Waals surface area (Å²) in [6.07, 6.45) is 5.58. The smallest absolute Gasteiger partial charge is 0.136 e.